The molecule has 1 aromatic heterocycles. The molecule has 4 heteroatoms. The van der Waals surface area contributed by atoms with Gasteiger partial charge in [0.2, 0.25) is 0 Å². The van der Waals surface area contributed by atoms with Gasteiger partial charge in [-0.25, -0.2) is 4.98 Å². The van der Waals surface area contributed by atoms with E-state index in [9.17, 15) is 4.79 Å². The molecule has 3 nitrogen and oxygen atoms in total. The van der Waals surface area contributed by atoms with Crippen molar-refractivity contribution in [3.8, 4) is 0 Å². The van der Waals surface area contributed by atoms with Crippen molar-refractivity contribution in [3.05, 3.63) is 46.8 Å². The van der Waals surface area contributed by atoms with Crippen molar-refractivity contribution in [3.63, 3.8) is 0 Å². The average Bonchev–Trinajstić information content (AvgIpc) is 3.21. The van der Waals surface area contributed by atoms with Gasteiger partial charge in [0.25, 0.3) is 5.56 Å². The summed E-state index contributed by atoms with van der Waals surface area (Å²) >= 11 is 1.60. The van der Waals surface area contributed by atoms with E-state index in [0.717, 1.165) is 34.8 Å². The standard InChI is InChI=1S/C15H16N2OS/c1-10(2)9-19-15-16-13-6-4-3-5-12(13)14(18)17(15)11-7-8-11/h3-6,11H,1,7-9H2,2H3. The molecule has 1 aliphatic carbocycles. The second-order valence-corrected chi connectivity index (χ2v) is 6.01. The summed E-state index contributed by atoms with van der Waals surface area (Å²) < 4.78 is 1.87. The molecular weight excluding hydrogens is 256 g/mol. The highest BCUT2D eigenvalue weighted by molar-refractivity contribution is 7.99. The topological polar surface area (TPSA) is 34.9 Å². The van der Waals surface area contributed by atoms with E-state index in [4.69, 9.17) is 0 Å². The SMILES string of the molecule is C=C(C)CSc1nc2ccccc2c(=O)n1C1CC1. The molecular formula is C15H16N2OS. The first-order valence-electron chi connectivity index (χ1n) is 6.45. The molecule has 19 heavy (non-hydrogen) atoms. The maximum absolute atomic E-state index is 12.6. The van der Waals surface area contributed by atoms with E-state index in [1.54, 1.807) is 11.8 Å². The van der Waals surface area contributed by atoms with Crippen LogP contribution in [0.2, 0.25) is 0 Å². The number of benzene rings is 1. The number of fused-ring (bicyclic) bond motifs is 1. The first kappa shape index (κ1) is 12.5. The highest BCUT2D eigenvalue weighted by Crippen LogP contribution is 2.37. The molecule has 0 bridgehead atoms. The average molecular weight is 272 g/mol. The molecule has 0 atom stereocenters. The third-order valence-corrected chi connectivity index (χ3v) is 4.32. The van der Waals surface area contributed by atoms with Crippen LogP contribution in [0, 0.1) is 0 Å². The number of thioether (sulfide) groups is 1. The van der Waals surface area contributed by atoms with Gasteiger partial charge in [-0.2, -0.15) is 0 Å². The van der Waals surface area contributed by atoms with Gasteiger partial charge in [-0.3, -0.25) is 9.36 Å². The molecule has 98 valence electrons. The predicted octanol–water partition coefficient (Wildman–Crippen LogP) is 3.40. The third kappa shape index (κ3) is 2.45. The quantitative estimate of drug-likeness (QED) is 0.486. The van der Waals surface area contributed by atoms with E-state index in [2.05, 4.69) is 11.6 Å². The highest BCUT2D eigenvalue weighted by atomic mass is 32.2. The predicted molar refractivity (Wildman–Crippen MR) is 79.8 cm³/mol. The van der Waals surface area contributed by atoms with Crippen molar-refractivity contribution < 1.29 is 0 Å². The number of rotatable bonds is 4. The van der Waals surface area contributed by atoms with Gasteiger partial charge < -0.3 is 0 Å². The Kier molecular flexibility index (Phi) is 3.19. The molecule has 1 aliphatic rings. The lowest BCUT2D eigenvalue weighted by atomic mass is 10.2. The Morgan fingerprint density at radius 2 is 2.21 bits per heavy atom. The number of aromatic nitrogens is 2. The van der Waals surface area contributed by atoms with Gasteiger partial charge >= 0.3 is 0 Å². The van der Waals surface area contributed by atoms with Crippen molar-refractivity contribution in [1.29, 1.82) is 0 Å². The van der Waals surface area contributed by atoms with Crippen LogP contribution in [-0.4, -0.2) is 15.3 Å². The monoisotopic (exact) mass is 272 g/mol. The molecule has 1 heterocycles. The van der Waals surface area contributed by atoms with Crippen LogP contribution in [0.1, 0.15) is 25.8 Å². The van der Waals surface area contributed by atoms with Crippen LogP contribution in [0.4, 0.5) is 0 Å². The van der Waals surface area contributed by atoms with Crippen LogP contribution < -0.4 is 5.56 Å². The van der Waals surface area contributed by atoms with Gasteiger partial charge in [0, 0.05) is 11.8 Å². The van der Waals surface area contributed by atoms with Gasteiger partial charge in [-0.05, 0) is 31.9 Å². The molecule has 1 aromatic carbocycles. The zero-order chi connectivity index (χ0) is 13.4. The Bertz CT molecular complexity index is 701. The minimum absolute atomic E-state index is 0.0947. The van der Waals surface area contributed by atoms with Crippen LogP contribution in [0.5, 0.6) is 0 Å². The molecule has 2 aromatic rings. The first-order valence-corrected chi connectivity index (χ1v) is 7.44. The van der Waals surface area contributed by atoms with E-state index in [1.165, 1.54) is 0 Å². The van der Waals surface area contributed by atoms with E-state index in [1.807, 2.05) is 35.8 Å². The van der Waals surface area contributed by atoms with E-state index in [-0.39, 0.29) is 5.56 Å². The molecule has 0 aliphatic heterocycles. The molecule has 0 saturated heterocycles. The number of nitrogens with zero attached hydrogens (tertiary/aromatic N) is 2. The maximum Gasteiger partial charge on any atom is 0.262 e. The van der Waals surface area contributed by atoms with Gasteiger partial charge in [-0.1, -0.05) is 36.0 Å². The summed E-state index contributed by atoms with van der Waals surface area (Å²) in [4.78, 5) is 17.2. The summed E-state index contributed by atoms with van der Waals surface area (Å²) in [5.74, 6) is 0.803. The lowest BCUT2D eigenvalue weighted by Crippen LogP contribution is -2.22. The van der Waals surface area contributed by atoms with Gasteiger partial charge in [-0.15, -0.1) is 0 Å². The van der Waals surface area contributed by atoms with Crippen molar-refractivity contribution in [2.45, 2.75) is 31.0 Å². The lowest BCUT2D eigenvalue weighted by Gasteiger charge is -2.12. The van der Waals surface area contributed by atoms with E-state index in [0.29, 0.717) is 11.4 Å². The van der Waals surface area contributed by atoms with Crippen LogP contribution in [0.3, 0.4) is 0 Å². The Balaban J connectivity index is 2.15. The smallest absolute Gasteiger partial charge is 0.262 e. The first-order chi connectivity index (χ1) is 9.16. The Morgan fingerprint density at radius 3 is 2.89 bits per heavy atom. The second-order valence-electron chi connectivity index (χ2n) is 5.06. The normalized spacial score (nSPS) is 14.8. The fourth-order valence-corrected chi connectivity index (χ4v) is 2.98. The molecule has 0 radical (unpaired) electrons. The largest absolute Gasteiger partial charge is 0.284 e. The van der Waals surface area contributed by atoms with Gasteiger partial charge in [0.15, 0.2) is 5.16 Å². The summed E-state index contributed by atoms with van der Waals surface area (Å²) in [6.07, 6.45) is 2.17. The Morgan fingerprint density at radius 1 is 1.47 bits per heavy atom. The number of hydrogen-bond donors (Lipinski definition) is 0. The molecule has 3 rings (SSSR count). The van der Waals surface area contributed by atoms with Gasteiger partial charge in [0.1, 0.15) is 0 Å². The summed E-state index contributed by atoms with van der Waals surface area (Å²) in [6, 6.07) is 7.92. The van der Waals surface area contributed by atoms with Crippen LogP contribution >= 0.6 is 11.8 Å². The molecule has 1 fully saturated rings. The third-order valence-electron chi connectivity index (χ3n) is 3.14. The number of hydrogen-bond acceptors (Lipinski definition) is 3. The molecule has 0 unspecified atom stereocenters. The van der Waals surface area contributed by atoms with Gasteiger partial charge in [0.05, 0.1) is 10.9 Å². The summed E-state index contributed by atoms with van der Waals surface area (Å²) in [5, 5.41) is 1.54. The highest BCUT2D eigenvalue weighted by Gasteiger charge is 2.28. The summed E-state index contributed by atoms with van der Waals surface area (Å²) in [7, 11) is 0. The minimum atomic E-state index is 0.0947. The second kappa shape index (κ2) is 4.85. The Labute approximate surface area is 116 Å². The summed E-state index contributed by atoms with van der Waals surface area (Å²) in [5.41, 5.74) is 1.97. The number of para-hydroxylation sites is 1. The maximum atomic E-state index is 12.6. The molecule has 0 spiro atoms. The van der Waals surface area contributed by atoms with E-state index >= 15 is 0 Å². The molecule has 1 saturated carbocycles. The Hall–Kier alpha value is -1.55. The lowest BCUT2D eigenvalue weighted by molar-refractivity contribution is 0.618. The van der Waals surface area contributed by atoms with Crippen molar-refractivity contribution in [2.24, 2.45) is 0 Å². The van der Waals surface area contributed by atoms with Crippen LogP contribution in [0.15, 0.2) is 46.4 Å². The van der Waals surface area contributed by atoms with Crippen LogP contribution in [0.25, 0.3) is 10.9 Å². The molecule has 0 N–H and O–H groups in total. The van der Waals surface area contributed by atoms with Crippen LogP contribution in [-0.2, 0) is 0 Å². The zero-order valence-corrected chi connectivity index (χ0v) is 11.7. The zero-order valence-electron chi connectivity index (χ0n) is 10.9. The van der Waals surface area contributed by atoms with Crippen molar-refractivity contribution in [1.82, 2.24) is 9.55 Å². The van der Waals surface area contributed by atoms with Crippen molar-refractivity contribution in [2.75, 3.05) is 5.75 Å². The molecule has 0 amide bonds. The van der Waals surface area contributed by atoms with E-state index < -0.39 is 0 Å². The van der Waals surface area contributed by atoms with Crippen molar-refractivity contribution >= 4 is 22.7 Å². The fourth-order valence-electron chi connectivity index (χ4n) is 2.07. The fraction of sp³-hybridized carbons (Fsp3) is 0.333. The minimum Gasteiger partial charge on any atom is -0.284 e. The summed E-state index contributed by atoms with van der Waals surface area (Å²) in [6.45, 7) is 5.90.